The van der Waals surface area contributed by atoms with Gasteiger partial charge in [-0.3, -0.25) is 4.79 Å². The molecule has 0 rings (SSSR count). The van der Waals surface area contributed by atoms with Gasteiger partial charge in [-0.1, -0.05) is 27.7 Å². The highest BCUT2D eigenvalue weighted by molar-refractivity contribution is 5.76. The van der Waals surface area contributed by atoms with Gasteiger partial charge < -0.3 is 20.1 Å². The summed E-state index contributed by atoms with van der Waals surface area (Å²) < 4.78 is 4.58. The Bertz CT molecular complexity index is 305. The Morgan fingerprint density at radius 2 is 1.73 bits per heavy atom. The van der Waals surface area contributed by atoms with Crippen molar-refractivity contribution in [2.24, 2.45) is 11.8 Å². The molecule has 0 spiro atoms. The van der Waals surface area contributed by atoms with E-state index in [0.717, 1.165) is 13.1 Å². The third-order valence-corrected chi connectivity index (χ3v) is 2.63. The molecule has 22 heavy (non-hydrogen) atoms. The number of nitrogens with one attached hydrogen (secondary N) is 1. The molecule has 0 aliphatic rings. The molecule has 2 N–H and O–H groups in total. The molecule has 0 radical (unpaired) electrons. The Morgan fingerprint density at radius 1 is 1.18 bits per heavy atom. The molecule has 0 aromatic rings. The molecule has 0 bridgehead atoms. The number of hydrogen-bond donors (Lipinski definition) is 2. The van der Waals surface area contributed by atoms with Gasteiger partial charge in [-0.2, -0.15) is 0 Å². The average Bonchev–Trinajstić information content (AvgIpc) is 2.37. The monoisotopic (exact) mass is 318 g/mol. The van der Waals surface area contributed by atoms with E-state index < -0.39 is 12.1 Å². The summed E-state index contributed by atoms with van der Waals surface area (Å²) in [4.78, 5) is 23.9. The summed E-state index contributed by atoms with van der Waals surface area (Å²) in [7, 11) is 3.99. The number of hydrogen-bond acceptors (Lipinski definition) is 5. The largest absolute Gasteiger partial charge is 0.464 e. The Labute approximate surface area is 135 Å². The van der Waals surface area contributed by atoms with Crippen molar-refractivity contribution in [1.82, 2.24) is 10.2 Å². The Kier molecular flexibility index (Phi) is 14.2. The van der Waals surface area contributed by atoms with Gasteiger partial charge in [0.05, 0.1) is 6.61 Å². The van der Waals surface area contributed by atoms with Crippen LogP contribution in [-0.4, -0.2) is 61.8 Å². The van der Waals surface area contributed by atoms with Crippen molar-refractivity contribution in [3.8, 4) is 0 Å². The number of esters is 1. The van der Waals surface area contributed by atoms with Crippen LogP contribution in [0.25, 0.3) is 0 Å². The number of aliphatic hydroxyl groups is 1. The van der Waals surface area contributed by atoms with Crippen LogP contribution in [0.3, 0.4) is 0 Å². The van der Waals surface area contributed by atoms with E-state index in [4.69, 9.17) is 5.11 Å². The van der Waals surface area contributed by atoms with Crippen LogP contribution >= 0.6 is 0 Å². The smallest absolute Gasteiger partial charge is 0.335 e. The van der Waals surface area contributed by atoms with Crippen LogP contribution in [0.5, 0.6) is 0 Å². The van der Waals surface area contributed by atoms with Crippen molar-refractivity contribution in [2.45, 2.75) is 47.1 Å². The predicted octanol–water partition coefficient (Wildman–Crippen LogP) is 1.28. The van der Waals surface area contributed by atoms with Crippen molar-refractivity contribution < 1.29 is 19.4 Å². The number of rotatable bonds is 8. The van der Waals surface area contributed by atoms with Gasteiger partial charge in [0.15, 0.2) is 6.10 Å². The van der Waals surface area contributed by atoms with E-state index in [-0.39, 0.29) is 11.8 Å². The number of aliphatic hydroxyl groups excluding tert-OH is 1. The molecular weight excluding hydrogens is 284 g/mol. The number of carbonyl (C=O) groups excluding carboxylic acids is 2. The van der Waals surface area contributed by atoms with Gasteiger partial charge in [0.25, 0.3) is 0 Å². The third-order valence-electron chi connectivity index (χ3n) is 2.63. The van der Waals surface area contributed by atoms with Crippen molar-refractivity contribution in [2.75, 3.05) is 33.8 Å². The fraction of sp³-hybridized carbons (Fsp3) is 0.875. The van der Waals surface area contributed by atoms with E-state index in [2.05, 4.69) is 15.0 Å². The highest BCUT2D eigenvalue weighted by atomic mass is 16.5. The van der Waals surface area contributed by atoms with Gasteiger partial charge in [-0.15, -0.1) is 0 Å². The quantitative estimate of drug-likeness (QED) is 0.659. The molecule has 1 amide bonds. The van der Waals surface area contributed by atoms with E-state index in [0.29, 0.717) is 18.9 Å². The first-order valence-electron chi connectivity index (χ1n) is 7.87. The lowest BCUT2D eigenvalue weighted by molar-refractivity contribution is -0.155. The molecule has 0 aromatic heterocycles. The molecule has 1 unspecified atom stereocenters. The minimum absolute atomic E-state index is 0.0703. The number of carbonyl (C=O) groups is 2. The van der Waals surface area contributed by atoms with E-state index in [1.807, 2.05) is 27.9 Å². The van der Waals surface area contributed by atoms with Gasteiger partial charge in [-0.05, 0) is 32.9 Å². The molecule has 0 saturated carbocycles. The Hall–Kier alpha value is -1.14. The minimum atomic E-state index is -0.972. The predicted molar refractivity (Wildman–Crippen MR) is 88.5 cm³/mol. The fourth-order valence-corrected chi connectivity index (χ4v) is 1.36. The lowest BCUT2D eigenvalue weighted by atomic mass is 10.1. The first-order valence-corrected chi connectivity index (χ1v) is 7.87. The van der Waals surface area contributed by atoms with Gasteiger partial charge in [0.2, 0.25) is 5.91 Å². The van der Waals surface area contributed by atoms with Crippen LogP contribution in [0, 0.1) is 11.8 Å². The van der Waals surface area contributed by atoms with Gasteiger partial charge >= 0.3 is 5.97 Å². The second-order valence-electron chi connectivity index (χ2n) is 6.19. The first kappa shape index (κ1) is 23.1. The summed E-state index contributed by atoms with van der Waals surface area (Å²) in [6, 6.07) is 0. The Morgan fingerprint density at radius 3 is 2.09 bits per heavy atom. The zero-order chi connectivity index (χ0) is 17.7. The van der Waals surface area contributed by atoms with Crippen LogP contribution < -0.4 is 5.32 Å². The van der Waals surface area contributed by atoms with Crippen LogP contribution in [0.2, 0.25) is 0 Å². The van der Waals surface area contributed by atoms with Crippen LogP contribution in [-0.2, 0) is 14.3 Å². The van der Waals surface area contributed by atoms with E-state index in [1.165, 1.54) is 0 Å². The lowest BCUT2D eigenvalue weighted by Crippen LogP contribution is -2.31. The van der Waals surface area contributed by atoms with Crippen LogP contribution in [0.15, 0.2) is 0 Å². The zero-order valence-corrected chi connectivity index (χ0v) is 15.2. The minimum Gasteiger partial charge on any atom is -0.464 e. The summed E-state index contributed by atoms with van der Waals surface area (Å²) in [5.74, 6) is 0.00718. The molecule has 0 aliphatic heterocycles. The summed E-state index contributed by atoms with van der Waals surface area (Å²) in [5.41, 5.74) is 0. The van der Waals surface area contributed by atoms with Crippen LogP contribution in [0.1, 0.15) is 41.0 Å². The molecule has 0 fully saturated rings. The molecule has 0 saturated heterocycles. The van der Waals surface area contributed by atoms with Crippen molar-refractivity contribution in [1.29, 1.82) is 0 Å². The molecule has 0 aliphatic carbocycles. The SMILES string of the molecule is CC(C)CC(=O)NCCN(C)C.CCOC(=O)C(O)C(C)C. The maximum atomic E-state index is 11.1. The summed E-state index contributed by atoms with van der Waals surface area (Å²) in [6.45, 7) is 11.3. The molecular formula is C16H34N2O4. The molecule has 132 valence electrons. The molecule has 1 atom stereocenters. The van der Waals surface area contributed by atoms with E-state index in [9.17, 15) is 9.59 Å². The van der Waals surface area contributed by atoms with E-state index in [1.54, 1.807) is 20.8 Å². The normalized spacial score (nSPS) is 12.0. The second-order valence-corrected chi connectivity index (χ2v) is 6.19. The molecule has 6 nitrogen and oxygen atoms in total. The van der Waals surface area contributed by atoms with Crippen molar-refractivity contribution in [3.63, 3.8) is 0 Å². The fourth-order valence-electron chi connectivity index (χ4n) is 1.36. The number of likely N-dealkylation sites (N-methyl/N-ethyl adjacent to an activating group) is 1. The van der Waals surface area contributed by atoms with Crippen molar-refractivity contribution >= 4 is 11.9 Å². The topological polar surface area (TPSA) is 78.9 Å². The van der Waals surface area contributed by atoms with Crippen LogP contribution in [0.4, 0.5) is 0 Å². The number of nitrogens with zero attached hydrogens (tertiary/aromatic N) is 1. The maximum absolute atomic E-state index is 11.1. The van der Waals surface area contributed by atoms with Gasteiger partial charge in [0, 0.05) is 19.5 Å². The molecule has 0 aromatic carbocycles. The number of amides is 1. The highest BCUT2D eigenvalue weighted by Crippen LogP contribution is 2.02. The Balaban J connectivity index is 0. The lowest BCUT2D eigenvalue weighted by Gasteiger charge is -2.11. The van der Waals surface area contributed by atoms with Crippen molar-refractivity contribution in [3.05, 3.63) is 0 Å². The third kappa shape index (κ3) is 15.3. The van der Waals surface area contributed by atoms with E-state index >= 15 is 0 Å². The second kappa shape index (κ2) is 13.5. The summed E-state index contributed by atoms with van der Waals surface area (Å²) >= 11 is 0. The summed E-state index contributed by atoms with van der Waals surface area (Å²) in [5, 5.41) is 11.9. The standard InChI is InChI=1S/C9H20N2O.C7H14O3/c1-8(2)7-9(12)10-5-6-11(3)4;1-4-10-7(9)6(8)5(2)3/h8H,5-7H2,1-4H3,(H,10,12);5-6,8H,4H2,1-3H3. The highest BCUT2D eigenvalue weighted by Gasteiger charge is 2.19. The summed E-state index contributed by atoms with van der Waals surface area (Å²) in [6.07, 6.45) is -0.340. The molecule has 6 heteroatoms. The average molecular weight is 318 g/mol. The zero-order valence-electron chi connectivity index (χ0n) is 15.2. The molecule has 0 heterocycles. The first-order chi connectivity index (χ1) is 10.1. The van der Waals surface area contributed by atoms with Gasteiger partial charge in [-0.25, -0.2) is 4.79 Å². The van der Waals surface area contributed by atoms with Gasteiger partial charge in [0.1, 0.15) is 0 Å². The number of ether oxygens (including phenoxy) is 1. The maximum Gasteiger partial charge on any atom is 0.335 e.